The number of thiazole rings is 1. The largest absolute Gasteiger partial charge is 0.496 e. The molecular formula is C23H20N4O5S4. The number of aromatic nitrogens is 2. The van der Waals surface area contributed by atoms with E-state index in [-0.39, 0.29) is 34.5 Å². The predicted molar refractivity (Wildman–Crippen MR) is 144 cm³/mol. The molecule has 0 radical (unpaired) electrons. The minimum absolute atomic E-state index is 0.00985. The van der Waals surface area contributed by atoms with Crippen molar-refractivity contribution in [2.24, 2.45) is 0 Å². The molecule has 2 heterocycles. The Bertz CT molecular complexity index is 1560. The van der Waals surface area contributed by atoms with Crippen molar-refractivity contribution < 1.29 is 17.9 Å². The standard InChI is InChI=1S/C23H20N4O5S4/c1-32-18-5-3-2-4-17(18)19-14-21(29)27(23(33)35-19)12-10-20(28)25-15-6-8-16(9-7-15)36(30,31)26-22-24-11-13-34-22/h2-9,11,13-14H,10,12H2,1H3,(H,24,26)(H,25,28). The van der Waals surface area contributed by atoms with Gasteiger partial charge in [-0.25, -0.2) is 13.4 Å². The number of sulfonamides is 1. The molecule has 0 fully saturated rings. The quantitative estimate of drug-likeness (QED) is 0.287. The van der Waals surface area contributed by atoms with Gasteiger partial charge in [-0.2, -0.15) is 0 Å². The third-order valence-corrected chi connectivity index (χ3v) is 8.57. The van der Waals surface area contributed by atoms with Gasteiger partial charge >= 0.3 is 0 Å². The third kappa shape index (κ3) is 6.05. The lowest BCUT2D eigenvalue weighted by Crippen LogP contribution is -2.23. The minimum Gasteiger partial charge on any atom is -0.496 e. The molecule has 2 aromatic carbocycles. The fourth-order valence-electron chi connectivity index (χ4n) is 3.24. The van der Waals surface area contributed by atoms with Crippen LogP contribution in [0.1, 0.15) is 6.42 Å². The van der Waals surface area contributed by atoms with Crippen LogP contribution in [-0.2, 0) is 21.4 Å². The van der Waals surface area contributed by atoms with Crippen LogP contribution in [0.4, 0.5) is 10.8 Å². The van der Waals surface area contributed by atoms with Crippen LogP contribution in [0, 0.1) is 3.95 Å². The molecule has 186 valence electrons. The SMILES string of the molecule is COc1ccccc1-c1cc(=O)n(CCC(=O)Nc2ccc(S(=O)(=O)Nc3nccs3)cc2)c(=S)s1. The highest BCUT2D eigenvalue weighted by molar-refractivity contribution is 7.93. The first-order valence-corrected chi connectivity index (χ1v) is 14.1. The second-order valence-corrected chi connectivity index (χ2v) is 11.6. The van der Waals surface area contributed by atoms with Gasteiger partial charge in [0.2, 0.25) is 5.91 Å². The first-order valence-electron chi connectivity index (χ1n) is 10.5. The molecule has 9 nitrogen and oxygen atoms in total. The summed E-state index contributed by atoms with van der Waals surface area (Å²) in [6.45, 7) is 0.108. The van der Waals surface area contributed by atoms with Crippen molar-refractivity contribution in [2.45, 2.75) is 17.9 Å². The molecule has 0 aliphatic carbocycles. The number of ether oxygens (including phenoxy) is 1. The molecule has 0 saturated carbocycles. The lowest BCUT2D eigenvalue weighted by Gasteiger charge is -2.10. The number of methoxy groups -OCH3 is 1. The molecule has 0 saturated heterocycles. The Morgan fingerprint density at radius 3 is 2.58 bits per heavy atom. The number of carbonyl (C=O) groups excluding carboxylic acids is 1. The number of rotatable bonds is 9. The number of hydrogen-bond donors (Lipinski definition) is 2. The molecule has 0 atom stereocenters. The summed E-state index contributed by atoms with van der Waals surface area (Å²) in [5.74, 6) is 0.295. The minimum atomic E-state index is -3.78. The maximum atomic E-state index is 12.7. The van der Waals surface area contributed by atoms with E-state index in [0.717, 1.165) is 5.56 Å². The Hall–Kier alpha value is -3.39. The van der Waals surface area contributed by atoms with Crippen LogP contribution >= 0.6 is 34.9 Å². The van der Waals surface area contributed by atoms with Gasteiger partial charge in [0.1, 0.15) is 5.75 Å². The summed E-state index contributed by atoms with van der Waals surface area (Å²) >= 11 is 7.85. The van der Waals surface area contributed by atoms with Crippen molar-refractivity contribution in [1.29, 1.82) is 0 Å². The molecule has 0 unspecified atom stereocenters. The highest BCUT2D eigenvalue weighted by atomic mass is 32.2. The van der Waals surface area contributed by atoms with Gasteiger partial charge in [0.05, 0.1) is 12.0 Å². The van der Waals surface area contributed by atoms with Gasteiger partial charge in [-0.1, -0.05) is 12.1 Å². The number of hydrogen-bond acceptors (Lipinski definition) is 9. The highest BCUT2D eigenvalue weighted by Crippen LogP contribution is 2.31. The normalized spacial score (nSPS) is 11.1. The van der Waals surface area contributed by atoms with E-state index >= 15 is 0 Å². The summed E-state index contributed by atoms with van der Waals surface area (Å²) < 4.78 is 34.3. The lowest BCUT2D eigenvalue weighted by atomic mass is 10.1. The van der Waals surface area contributed by atoms with Crippen molar-refractivity contribution in [3.8, 4) is 16.2 Å². The molecule has 4 rings (SSSR count). The Labute approximate surface area is 220 Å². The first-order chi connectivity index (χ1) is 17.3. The third-order valence-electron chi connectivity index (χ3n) is 4.98. The van der Waals surface area contributed by atoms with E-state index in [9.17, 15) is 18.0 Å². The average molecular weight is 561 g/mol. The lowest BCUT2D eigenvalue weighted by molar-refractivity contribution is -0.116. The monoisotopic (exact) mass is 560 g/mol. The second-order valence-electron chi connectivity index (χ2n) is 7.33. The molecule has 13 heteroatoms. The van der Waals surface area contributed by atoms with Crippen LogP contribution in [0.5, 0.6) is 5.75 Å². The van der Waals surface area contributed by atoms with E-state index in [4.69, 9.17) is 17.0 Å². The van der Waals surface area contributed by atoms with E-state index in [0.29, 0.717) is 20.3 Å². The van der Waals surface area contributed by atoms with Gasteiger partial charge in [-0.05, 0) is 48.6 Å². The zero-order valence-corrected chi connectivity index (χ0v) is 22.1. The topological polar surface area (TPSA) is 119 Å². The van der Waals surface area contributed by atoms with Crippen molar-refractivity contribution in [2.75, 3.05) is 17.1 Å². The fraction of sp³-hybridized carbons (Fsp3) is 0.130. The van der Waals surface area contributed by atoms with Crippen molar-refractivity contribution in [1.82, 2.24) is 9.55 Å². The van der Waals surface area contributed by atoms with E-state index in [1.807, 2.05) is 18.2 Å². The second kappa shape index (κ2) is 11.1. The number of nitrogens with zero attached hydrogens (tertiary/aromatic N) is 2. The number of carbonyl (C=O) groups is 1. The summed E-state index contributed by atoms with van der Waals surface area (Å²) in [7, 11) is -2.22. The maximum Gasteiger partial charge on any atom is 0.263 e. The van der Waals surface area contributed by atoms with E-state index < -0.39 is 10.0 Å². The van der Waals surface area contributed by atoms with Crippen molar-refractivity contribution in [3.05, 3.63) is 80.5 Å². The first kappa shape index (κ1) is 25.7. The van der Waals surface area contributed by atoms with Gasteiger partial charge in [0.25, 0.3) is 15.6 Å². The number of amides is 1. The zero-order valence-electron chi connectivity index (χ0n) is 18.8. The Morgan fingerprint density at radius 1 is 1.17 bits per heavy atom. The Morgan fingerprint density at radius 2 is 1.92 bits per heavy atom. The number of anilines is 2. The van der Waals surface area contributed by atoms with Crippen LogP contribution in [0.3, 0.4) is 0 Å². The van der Waals surface area contributed by atoms with E-state index in [1.54, 1.807) is 18.6 Å². The molecule has 0 aliphatic heterocycles. The highest BCUT2D eigenvalue weighted by Gasteiger charge is 2.16. The van der Waals surface area contributed by atoms with Crippen molar-refractivity contribution >= 4 is 61.6 Å². The Kier molecular flexibility index (Phi) is 7.94. The summed E-state index contributed by atoms with van der Waals surface area (Å²) in [5.41, 5.74) is 0.883. The molecule has 1 amide bonds. The van der Waals surface area contributed by atoms with Gasteiger partial charge < -0.3 is 10.1 Å². The Balaban J connectivity index is 1.40. The number of para-hydroxylation sites is 1. The van der Waals surface area contributed by atoms with Gasteiger partial charge in [0.15, 0.2) is 9.09 Å². The van der Waals surface area contributed by atoms with Gasteiger partial charge in [-0.3, -0.25) is 18.9 Å². The fourth-order valence-corrected chi connectivity index (χ4v) is 6.40. The molecular weight excluding hydrogens is 541 g/mol. The maximum absolute atomic E-state index is 12.7. The summed E-state index contributed by atoms with van der Waals surface area (Å²) in [5, 5.41) is 4.63. The number of nitrogens with one attached hydrogen (secondary N) is 2. The van der Waals surface area contributed by atoms with Crippen LogP contribution in [0.25, 0.3) is 10.4 Å². The van der Waals surface area contributed by atoms with E-state index in [1.165, 1.54) is 63.8 Å². The number of benzene rings is 2. The van der Waals surface area contributed by atoms with Crippen LogP contribution in [0.15, 0.2) is 75.9 Å². The van der Waals surface area contributed by atoms with Crippen molar-refractivity contribution in [3.63, 3.8) is 0 Å². The van der Waals surface area contributed by atoms with Crippen LogP contribution in [-0.4, -0.2) is 31.0 Å². The smallest absolute Gasteiger partial charge is 0.263 e. The molecule has 0 bridgehead atoms. The predicted octanol–water partition coefficient (Wildman–Crippen LogP) is 4.60. The molecule has 2 aromatic heterocycles. The van der Waals surface area contributed by atoms with Crippen LogP contribution < -0.4 is 20.3 Å². The van der Waals surface area contributed by atoms with Crippen LogP contribution in [0.2, 0.25) is 0 Å². The molecule has 0 aliphatic rings. The average Bonchev–Trinajstić information content (AvgIpc) is 3.36. The summed E-state index contributed by atoms with van der Waals surface area (Å²) in [6, 6.07) is 14.6. The molecule has 2 N–H and O–H groups in total. The molecule has 4 aromatic rings. The van der Waals surface area contributed by atoms with Gasteiger partial charge in [-0.15, -0.1) is 22.7 Å². The van der Waals surface area contributed by atoms with E-state index in [2.05, 4.69) is 15.0 Å². The summed E-state index contributed by atoms with van der Waals surface area (Å²) in [4.78, 5) is 29.8. The van der Waals surface area contributed by atoms with Gasteiger partial charge in [0, 0.05) is 46.7 Å². The molecule has 0 spiro atoms. The molecule has 36 heavy (non-hydrogen) atoms. The zero-order chi connectivity index (χ0) is 25.7. The summed E-state index contributed by atoms with van der Waals surface area (Å²) in [6.07, 6.45) is 1.51.